The molecule has 0 spiro atoms. The molecule has 0 atom stereocenters. The number of nitro benzene ring substituents is 1. The average molecular weight is 278 g/mol. The van der Waals surface area contributed by atoms with Gasteiger partial charge in [-0.1, -0.05) is 12.1 Å². The maximum Gasteiger partial charge on any atom is 0.272 e. The highest BCUT2D eigenvalue weighted by Gasteiger charge is 2.41. The van der Waals surface area contributed by atoms with Crippen LogP contribution < -0.4 is 5.32 Å². The van der Waals surface area contributed by atoms with Crippen LogP contribution in [0.15, 0.2) is 18.2 Å². The molecule has 0 aromatic heterocycles. The van der Waals surface area contributed by atoms with Crippen LogP contribution in [0.25, 0.3) is 0 Å². The maximum absolute atomic E-state index is 10.9. The minimum atomic E-state index is -0.320. The maximum atomic E-state index is 10.9. The van der Waals surface area contributed by atoms with Gasteiger partial charge in [0, 0.05) is 38.4 Å². The Morgan fingerprint density at radius 2 is 2.20 bits per heavy atom. The van der Waals surface area contributed by atoms with Crippen molar-refractivity contribution in [1.82, 2.24) is 5.32 Å². The van der Waals surface area contributed by atoms with Gasteiger partial charge >= 0.3 is 0 Å². The van der Waals surface area contributed by atoms with E-state index in [1.165, 1.54) is 12.8 Å². The lowest BCUT2D eigenvalue weighted by molar-refractivity contribution is -0.385. The van der Waals surface area contributed by atoms with Crippen LogP contribution in [0.2, 0.25) is 0 Å². The fourth-order valence-corrected chi connectivity index (χ4v) is 2.44. The predicted octanol–water partition coefficient (Wildman–Crippen LogP) is 2.81. The second-order valence-corrected chi connectivity index (χ2v) is 5.72. The lowest BCUT2D eigenvalue weighted by Crippen LogP contribution is -2.24. The molecule has 1 aliphatic carbocycles. The average Bonchev–Trinajstić information content (AvgIpc) is 3.18. The summed E-state index contributed by atoms with van der Waals surface area (Å²) in [5.74, 6) is 0. The van der Waals surface area contributed by atoms with Crippen molar-refractivity contribution in [2.45, 2.75) is 32.7 Å². The summed E-state index contributed by atoms with van der Waals surface area (Å²) in [6.45, 7) is 4.20. The predicted molar refractivity (Wildman–Crippen MR) is 77.7 cm³/mol. The highest BCUT2D eigenvalue weighted by Crippen LogP contribution is 2.48. The van der Waals surface area contributed by atoms with E-state index in [1.807, 2.05) is 12.1 Å². The monoisotopic (exact) mass is 278 g/mol. The lowest BCUT2D eigenvalue weighted by atomic mass is 10.0. The van der Waals surface area contributed by atoms with E-state index in [-0.39, 0.29) is 10.6 Å². The summed E-state index contributed by atoms with van der Waals surface area (Å²) in [5, 5.41) is 14.3. The first kappa shape index (κ1) is 14.9. The van der Waals surface area contributed by atoms with E-state index in [2.05, 4.69) is 5.32 Å². The highest BCUT2D eigenvalue weighted by molar-refractivity contribution is 5.42. The number of benzene rings is 1. The van der Waals surface area contributed by atoms with Crippen LogP contribution in [-0.2, 0) is 11.3 Å². The van der Waals surface area contributed by atoms with E-state index in [4.69, 9.17) is 4.74 Å². The largest absolute Gasteiger partial charge is 0.385 e. The second-order valence-electron chi connectivity index (χ2n) is 5.72. The molecular weight excluding hydrogens is 256 g/mol. The molecule has 0 saturated heterocycles. The molecule has 1 aromatic carbocycles. The number of nitrogens with zero attached hydrogens (tertiary/aromatic N) is 1. The van der Waals surface area contributed by atoms with Crippen LogP contribution in [-0.4, -0.2) is 25.2 Å². The van der Waals surface area contributed by atoms with Gasteiger partial charge in [-0.05, 0) is 37.2 Å². The van der Waals surface area contributed by atoms with Gasteiger partial charge in [0.25, 0.3) is 5.69 Å². The summed E-state index contributed by atoms with van der Waals surface area (Å²) in [7, 11) is 1.73. The van der Waals surface area contributed by atoms with Crippen LogP contribution in [0, 0.1) is 22.5 Å². The molecule has 5 heteroatoms. The number of hydrogen-bond donors (Lipinski definition) is 1. The Kier molecular flexibility index (Phi) is 4.73. The number of ether oxygens (including phenoxy) is 1. The summed E-state index contributed by atoms with van der Waals surface area (Å²) in [4.78, 5) is 10.6. The van der Waals surface area contributed by atoms with Crippen LogP contribution in [0.1, 0.15) is 30.4 Å². The van der Waals surface area contributed by atoms with Gasteiger partial charge in [-0.25, -0.2) is 0 Å². The first-order valence-electron chi connectivity index (χ1n) is 7.00. The van der Waals surface area contributed by atoms with Crippen molar-refractivity contribution in [1.29, 1.82) is 0 Å². The number of aryl methyl sites for hydroxylation is 1. The van der Waals surface area contributed by atoms with Crippen LogP contribution >= 0.6 is 0 Å². The zero-order chi connectivity index (χ0) is 14.6. The molecule has 1 saturated carbocycles. The Hall–Kier alpha value is -1.46. The quantitative estimate of drug-likeness (QED) is 0.586. The fraction of sp³-hybridized carbons (Fsp3) is 0.600. The molecule has 110 valence electrons. The zero-order valence-electron chi connectivity index (χ0n) is 12.1. The lowest BCUT2D eigenvalue weighted by Gasteiger charge is -2.15. The molecule has 0 heterocycles. The van der Waals surface area contributed by atoms with Crippen molar-refractivity contribution in [3.63, 3.8) is 0 Å². The molecule has 0 radical (unpaired) electrons. The molecule has 1 N–H and O–H groups in total. The van der Waals surface area contributed by atoms with E-state index in [9.17, 15) is 10.1 Å². The number of nitro groups is 1. The smallest absolute Gasteiger partial charge is 0.272 e. The first-order valence-corrected chi connectivity index (χ1v) is 7.00. The van der Waals surface area contributed by atoms with Gasteiger partial charge in [0.15, 0.2) is 0 Å². The van der Waals surface area contributed by atoms with Crippen LogP contribution in [0.4, 0.5) is 5.69 Å². The molecule has 0 amide bonds. The minimum absolute atomic E-state index is 0.199. The van der Waals surface area contributed by atoms with E-state index in [0.717, 1.165) is 25.1 Å². The molecule has 1 fully saturated rings. The van der Waals surface area contributed by atoms with Crippen LogP contribution in [0.3, 0.4) is 0 Å². The van der Waals surface area contributed by atoms with Gasteiger partial charge < -0.3 is 10.1 Å². The van der Waals surface area contributed by atoms with Crippen molar-refractivity contribution in [2.24, 2.45) is 5.41 Å². The molecule has 0 aliphatic heterocycles. The number of nitrogens with one attached hydrogen (secondary N) is 1. The van der Waals surface area contributed by atoms with Gasteiger partial charge in [0.1, 0.15) is 0 Å². The summed E-state index contributed by atoms with van der Waals surface area (Å²) in [6, 6.07) is 5.42. The molecule has 0 unspecified atom stereocenters. The third-order valence-electron chi connectivity index (χ3n) is 4.09. The van der Waals surface area contributed by atoms with Crippen molar-refractivity contribution < 1.29 is 9.66 Å². The molecule has 1 aromatic rings. The third kappa shape index (κ3) is 3.77. The van der Waals surface area contributed by atoms with Gasteiger partial charge in [0.2, 0.25) is 0 Å². The van der Waals surface area contributed by atoms with Gasteiger partial charge in [0.05, 0.1) is 4.92 Å². The highest BCUT2D eigenvalue weighted by atomic mass is 16.6. The summed E-state index contributed by atoms with van der Waals surface area (Å²) in [6.07, 6.45) is 3.58. The minimum Gasteiger partial charge on any atom is -0.385 e. The summed E-state index contributed by atoms with van der Waals surface area (Å²) >= 11 is 0. The molecule has 0 bridgehead atoms. The van der Waals surface area contributed by atoms with E-state index >= 15 is 0 Å². The molecular formula is C15H22N2O3. The van der Waals surface area contributed by atoms with E-state index < -0.39 is 0 Å². The normalized spacial score (nSPS) is 16.1. The Bertz CT molecular complexity index is 484. The summed E-state index contributed by atoms with van der Waals surface area (Å²) in [5.41, 5.74) is 2.26. The van der Waals surface area contributed by atoms with E-state index in [0.29, 0.717) is 17.5 Å². The topological polar surface area (TPSA) is 64.4 Å². The standard InChI is InChI=1S/C15H22N2O3/c1-12-3-4-13(9-14(12)17(18)19)10-16-11-15(5-6-15)7-8-20-2/h3-4,9,16H,5-8,10-11H2,1-2H3. The molecule has 1 aliphatic rings. The fourth-order valence-electron chi connectivity index (χ4n) is 2.44. The number of hydrogen-bond acceptors (Lipinski definition) is 4. The Labute approximate surface area is 119 Å². The van der Waals surface area contributed by atoms with Crippen molar-refractivity contribution in [3.05, 3.63) is 39.4 Å². The molecule has 2 rings (SSSR count). The number of methoxy groups -OCH3 is 1. The molecule has 20 heavy (non-hydrogen) atoms. The van der Waals surface area contributed by atoms with Crippen molar-refractivity contribution in [3.8, 4) is 0 Å². The van der Waals surface area contributed by atoms with Crippen LogP contribution in [0.5, 0.6) is 0 Å². The third-order valence-corrected chi connectivity index (χ3v) is 4.09. The Balaban J connectivity index is 1.85. The Morgan fingerprint density at radius 1 is 1.45 bits per heavy atom. The van der Waals surface area contributed by atoms with Crippen molar-refractivity contribution >= 4 is 5.69 Å². The van der Waals surface area contributed by atoms with Crippen molar-refractivity contribution in [2.75, 3.05) is 20.3 Å². The molecule has 5 nitrogen and oxygen atoms in total. The SMILES string of the molecule is COCCC1(CNCc2ccc(C)c([N+](=O)[O-])c2)CC1. The van der Waals surface area contributed by atoms with Gasteiger partial charge in [-0.15, -0.1) is 0 Å². The second kappa shape index (κ2) is 6.33. The Morgan fingerprint density at radius 3 is 2.80 bits per heavy atom. The van der Waals surface area contributed by atoms with Gasteiger partial charge in [-0.2, -0.15) is 0 Å². The summed E-state index contributed by atoms with van der Waals surface area (Å²) < 4.78 is 5.13. The first-order chi connectivity index (χ1) is 9.56. The van der Waals surface area contributed by atoms with Gasteiger partial charge in [-0.3, -0.25) is 10.1 Å². The van der Waals surface area contributed by atoms with E-state index in [1.54, 1.807) is 20.1 Å². The number of rotatable bonds is 8. The zero-order valence-corrected chi connectivity index (χ0v) is 12.1.